The van der Waals surface area contributed by atoms with Gasteiger partial charge in [0.2, 0.25) is 11.8 Å². The van der Waals surface area contributed by atoms with Gasteiger partial charge in [-0.05, 0) is 45.0 Å². The van der Waals surface area contributed by atoms with Crippen molar-refractivity contribution in [2.45, 2.75) is 32.4 Å². The van der Waals surface area contributed by atoms with Gasteiger partial charge in [0.1, 0.15) is 5.82 Å². The summed E-state index contributed by atoms with van der Waals surface area (Å²) in [6, 6.07) is 3.94. The molecule has 0 aliphatic carbocycles. The first-order valence-electron chi connectivity index (χ1n) is 8.02. The maximum absolute atomic E-state index is 13.9. The number of rotatable bonds is 5. The number of nitrogens with zero attached hydrogens (tertiary/aromatic N) is 2. The Bertz CT molecular complexity index is 626. The predicted octanol–water partition coefficient (Wildman–Crippen LogP) is 2.02. The highest BCUT2D eigenvalue weighted by Gasteiger charge is 2.30. The first-order valence-corrected chi connectivity index (χ1v) is 8.39. The molecule has 24 heavy (non-hydrogen) atoms. The molecule has 2 amide bonds. The molecule has 1 aromatic carbocycles. The molecule has 1 fully saturated rings. The zero-order valence-electron chi connectivity index (χ0n) is 14.0. The van der Waals surface area contributed by atoms with Crippen molar-refractivity contribution in [2.24, 2.45) is 11.7 Å². The van der Waals surface area contributed by atoms with E-state index in [4.69, 9.17) is 17.3 Å². The number of likely N-dealkylation sites (tertiary alicyclic amines) is 1. The van der Waals surface area contributed by atoms with Crippen molar-refractivity contribution in [1.82, 2.24) is 9.80 Å². The number of hydrogen-bond donors (Lipinski definition) is 1. The number of primary amides is 1. The zero-order chi connectivity index (χ0) is 17.9. The predicted molar refractivity (Wildman–Crippen MR) is 90.8 cm³/mol. The molecule has 0 spiro atoms. The lowest BCUT2D eigenvalue weighted by atomic mass is 9.97. The van der Waals surface area contributed by atoms with Gasteiger partial charge < -0.3 is 10.6 Å². The summed E-state index contributed by atoms with van der Waals surface area (Å²) in [5.41, 5.74) is 5.80. The maximum atomic E-state index is 13.9. The monoisotopic (exact) mass is 355 g/mol. The smallest absolute Gasteiger partial charge is 0.239 e. The van der Waals surface area contributed by atoms with Gasteiger partial charge in [0.05, 0.1) is 12.0 Å². The maximum Gasteiger partial charge on any atom is 0.239 e. The Balaban J connectivity index is 2.01. The van der Waals surface area contributed by atoms with Crippen LogP contribution in [0.15, 0.2) is 18.2 Å². The van der Waals surface area contributed by atoms with Gasteiger partial charge in [-0.15, -0.1) is 0 Å². The van der Waals surface area contributed by atoms with Crippen molar-refractivity contribution >= 4 is 23.4 Å². The highest BCUT2D eigenvalue weighted by Crippen LogP contribution is 2.20. The molecule has 1 aliphatic heterocycles. The number of carbonyl (C=O) groups excluding carboxylic acids is 2. The third-order valence-electron chi connectivity index (χ3n) is 4.58. The Morgan fingerprint density at radius 1 is 1.50 bits per heavy atom. The fourth-order valence-corrected chi connectivity index (χ4v) is 3.13. The second-order valence-electron chi connectivity index (χ2n) is 6.35. The topological polar surface area (TPSA) is 66.6 Å². The third kappa shape index (κ3) is 4.45. The minimum atomic E-state index is -0.435. The molecule has 1 aliphatic rings. The molecule has 0 aromatic heterocycles. The zero-order valence-corrected chi connectivity index (χ0v) is 14.7. The summed E-state index contributed by atoms with van der Waals surface area (Å²) in [5.74, 6) is -1.08. The van der Waals surface area contributed by atoms with Crippen LogP contribution >= 0.6 is 11.6 Å². The van der Waals surface area contributed by atoms with E-state index in [-0.39, 0.29) is 30.1 Å². The average molecular weight is 356 g/mol. The van der Waals surface area contributed by atoms with Gasteiger partial charge in [-0.25, -0.2) is 4.39 Å². The molecule has 0 saturated carbocycles. The molecule has 1 aromatic rings. The average Bonchev–Trinajstić information content (AvgIpc) is 2.56. The summed E-state index contributed by atoms with van der Waals surface area (Å²) in [4.78, 5) is 27.5. The van der Waals surface area contributed by atoms with Crippen molar-refractivity contribution in [3.8, 4) is 0 Å². The van der Waals surface area contributed by atoms with Crippen LogP contribution in [0.5, 0.6) is 0 Å². The summed E-state index contributed by atoms with van der Waals surface area (Å²) in [6.07, 6.45) is 1.48. The van der Waals surface area contributed by atoms with Gasteiger partial charge in [-0.2, -0.15) is 0 Å². The lowest BCUT2D eigenvalue weighted by Gasteiger charge is -2.35. The summed E-state index contributed by atoms with van der Waals surface area (Å²) in [5, 5.41) is 0.458. The molecule has 7 heteroatoms. The number of carbonyl (C=O) groups is 2. The fraction of sp³-hybridized carbons (Fsp3) is 0.529. The number of piperidine rings is 1. The molecule has 132 valence electrons. The van der Waals surface area contributed by atoms with E-state index < -0.39 is 6.04 Å². The summed E-state index contributed by atoms with van der Waals surface area (Å²) < 4.78 is 13.9. The summed E-state index contributed by atoms with van der Waals surface area (Å²) >= 11 is 5.91. The first kappa shape index (κ1) is 18.7. The Hall–Kier alpha value is -1.66. The third-order valence-corrected chi connectivity index (χ3v) is 4.82. The number of benzene rings is 1. The SMILES string of the molecule is CC(C(=O)N1CCCC(C(N)=O)C1)N(C)Cc1cc(Cl)ccc1F. The van der Waals surface area contributed by atoms with Crippen LogP contribution in [-0.4, -0.2) is 47.8 Å². The quantitative estimate of drug-likeness (QED) is 0.878. The largest absolute Gasteiger partial charge is 0.369 e. The van der Waals surface area contributed by atoms with Gasteiger partial charge in [0.15, 0.2) is 0 Å². The molecular weight excluding hydrogens is 333 g/mol. The van der Waals surface area contributed by atoms with E-state index in [1.807, 2.05) is 0 Å². The minimum Gasteiger partial charge on any atom is -0.369 e. The molecule has 5 nitrogen and oxygen atoms in total. The molecule has 2 atom stereocenters. The molecule has 1 heterocycles. The van der Waals surface area contributed by atoms with E-state index in [9.17, 15) is 14.0 Å². The normalized spacial score (nSPS) is 19.4. The number of nitrogens with two attached hydrogens (primary N) is 1. The van der Waals surface area contributed by atoms with E-state index in [0.717, 1.165) is 12.8 Å². The number of hydrogen-bond acceptors (Lipinski definition) is 3. The second kappa shape index (κ2) is 7.94. The van der Waals surface area contributed by atoms with Crippen LogP contribution < -0.4 is 5.73 Å². The molecule has 0 radical (unpaired) electrons. The molecule has 2 unspecified atom stereocenters. The van der Waals surface area contributed by atoms with Crippen molar-refractivity contribution in [1.29, 1.82) is 0 Å². The molecule has 0 bridgehead atoms. The lowest BCUT2D eigenvalue weighted by Crippen LogP contribution is -2.50. The van der Waals surface area contributed by atoms with Crippen LogP contribution in [0.4, 0.5) is 4.39 Å². The summed E-state index contributed by atoms with van der Waals surface area (Å²) in [6.45, 7) is 3.02. The molecule has 2 N–H and O–H groups in total. The highest BCUT2D eigenvalue weighted by molar-refractivity contribution is 6.30. The highest BCUT2D eigenvalue weighted by atomic mass is 35.5. The standard InChI is InChI=1S/C17H23ClFN3O2/c1-11(17(24)22-7-3-4-12(10-22)16(20)23)21(2)9-13-8-14(18)5-6-15(13)19/h5-6,8,11-12H,3-4,7,9-10H2,1-2H3,(H2,20,23). The van der Waals surface area contributed by atoms with E-state index in [2.05, 4.69) is 0 Å². The Morgan fingerprint density at radius 3 is 2.88 bits per heavy atom. The van der Waals surface area contributed by atoms with Crippen molar-refractivity contribution < 1.29 is 14.0 Å². The molecular formula is C17H23ClFN3O2. The summed E-state index contributed by atoms with van der Waals surface area (Å²) in [7, 11) is 1.76. The van der Waals surface area contributed by atoms with Gasteiger partial charge in [-0.3, -0.25) is 14.5 Å². The van der Waals surface area contributed by atoms with Crippen LogP contribution in [0.1, 0.15) is 25.3 Å². The van der Waals surface area contributed by atoms with E-state index >= 15 is 0 Å². The van der Waals surface area contributed by atoms with Crippen LogP contribution in [0.3, 0.4) is 0 Å². The fourth-order valence-electron chi connectivity index (χ4n) is 2.93. The Labute approximate surface area is 146 Å². The number of amides is 2. The van der Waals surface area contributed by atoms with Crippen LogP contribution in [0.2, 0.25) is 5.02 Å². The van der Waals surface area contributed by atoms with E-state index in [1.165, 1.54) is 12.1 Å². The first-order chi connectivity index (χ1) is 11.3. The van der Waals surface area contributed by atoms with Crippen LogP contribution in [0.25, 0.3) is 0 Å². The van der Waals surface area contributed by atoms with Crippen molar-refractivity contribution in [2.75, 3.05) is 20.1 Å². The Morgan fingerprint density at radius 2 is 2.21 bits per heavy atom. The Kier molecular flexibility index (Phi) is 6.18. The van der Waals surface area contributed by atoms with Gasteiger partial charge in [-0.1, -0.05) is 11.6 Å². The number of likely N-dealkylation sites (N-methyl/N-ethyl adjacent to an activating group) is 1. The molecule has 1 saturated heterocycles. The van der Waals surface area contributed by atoms with Crippen LogP contribution in [-0.2, 0) is 16.1 Å². The molecule has 2 rings (SSSR count). The van der Waals surface area contributed by atoms with Crippen LogP contribution in [0, 0.1) is 11.7 Å². The van der Waals surface area contributed by atoms with Gasteiger partial charge in [0.25, 0.3) is 0 Å². The van der Waals surface area contributed by atoms with Crippen molar-refractivity contribution in [3.63, 3.8) is 0 Å². The minimum absolute atomic E-state index is 0.0779. The van der Waals surface area contributed by atoms with Crippen molar-refractivity contribution in [3.05, 3.63) is 34.6 Å². The van der Waals surface area contributed by atoms with Gasteiger partial charge >= 0.3 is 0 Å². The number of halogens is 2. The van der Waals surface area contributed by atoms with E-state index in [0.29, 0.717) is 23.7 Å². The van der Waals surface area contributed by atoms with E-state index in [1.54, 1.807) is 29.8 Å². The van der Waals surface area contributed by atoms with Gasteiger partial charge in [0, 0.05) is 30.2 Å². The lowest BCUT2D eigenvalue weighted by molar-refractivity contribution is -0.139. The second-order valence-corrected chi connectivity index (χ2v) is 6.79.